The maximum absolute atomic E-state index is 13.6. The van der Waals surface area contributed by atoms with E-state index in [0.717, 1.165) is 5.56 Å². The second kappa shape index (κ2) is 8.12. The lowest BCUT2D eigenvalue weighted by Crippen LogP contribution is -2.14. The largest absolute Gasteiger partial charge is 0.489 e. The van der Waals surface area contributed by atoms with E-state index in [1.807, 2.05) is 0 Å². The smallest absolute Gasteiger partial charge is 0.395 e. The van der Waals surface area contributed by atoms with Crippen molar-refractivity contribution in [2.24, 2.45) is 0 Å². The molecule has 9 heteroatoms. The Balaban J connectivity index is 1.68. The number of aromatic hydroxyl groups is 1. The molecular formula is C19H14FN3O5. The highest BCUT2D eigenvalue weighted by atomic mass is 19.1. The van der Waals surface area contributed by atoms with E-state index in [4.69, 9.17) is 4.74 Å². The molecule has 0 amide bonds. The first-order chi connectivity index (χ1) is 13.4. The Morgan fingerprint density at radius 2 is 1.89 bits per heavy atom. The number of ether oxygens (including phenoxy) is 1. The molecule has 8 nitrogen and oxygen atoms in total. The summed E-state index contributed by atoms with van der Waals surface area (Å²) in [6.45, 7) is 0.0923. The molecule has 0 aliphatic rings. The van der Waals surface area contributed by atoms with Crippen LogP contribution in [0.3, 0.4) is 0 Å². The lowest BCUT2D eigenvalue weighted by molar-refractivity contribution is -0.387. The van der Waals surface area contributed by atoms with Gasteiger partial charge in [-0.25, -0.2) is 4.39 Å². The van der Waals surface area contributed by atoms with Gasteiger partial charge in [-0.3, -0.25) is 14.9 Å². The summed E-state index contributed by atoms with van der Waals surface area (Å²) in [5.74, 6) is -0.784. The van der Waals surface area contributed by atoms with Gasteiger partial charge in [-0.05, 0) is 29.8 Å². The summed E-state index contributed by atoms with van der Waals surface area (Å²) in [4.78, 5) is 27.0. The molecule has 28 heavy (non-hydrogen) atoms. The van der Waals surface area contributed by atoms with E-state index in [2.05, 4.69) is 9.97 Å². The van der Waals surface area contributed by atoms with Gasteiger partial charge in [-0.15, -0.1) is 0 Å². The van der Waals surface area contributed by atoms with Gasteiger partial charge in [0.15, 0.2) is 0 Å². The van der Waals surface area contributed by atoms with Gasteiger partial charge in [-0.1, -0.05) is 36.4 Å². The number of hydrogen-bond donors (Lipinski definition) is 2. The first-order valence-electron chi connectivity index (χ1n) is 8.06. The Bertz CT molecular complexity index is 1090. The SMILES string of the molecule is O=c1[nH]c(/C=C\c2ccc(OCc3ccccc3F)cc2)nc(O)c1[N+](=O)[O-]. The zero-order chi connectivity index (χ0) is 20.1. The highest BCUT2D eigenvalue weighted by Crippen LogP contribution is 2.19. The van der Waals surface area contributed by atoms with Gasteiger partial charge < -0.3 is 14.8 Å². The standard InChI is InChI=1S/C19H14FN3O5/c20-15-4-2-1-3-13(15)11-28-14-8-5-12(6-9-14)7-10-16-21-18(24)17(23(26)27)19(25)22-16/h1-10H,11H2,(H2,21,22,24,25)/b10-7-. The molecule has 2 N–H and O–H groups in total. The van der Waals surface area contributed by atoms with Crippen LogP contribution in [0.25, 0.3) is 12.2 Å². The van der Waals surface area contributed by atoms with Gasteiger partial charge in [-0.2, -0.15) is 4.98 Å². The first kappa shape index (κ1) is 18.8. The Morgan fingerprint density at radius 1 is 1.18 bits per heavy atom. The molecule has 1 heterocycles. The molecule has 0 bridgehead atoms. The van der Waals surface area contributed by atoms with Crippen molar-refractivity contribution in [1.29, 1.82) is 0 Å². The minimum absolute atomic E-state index is 0.0343. The third kappa shape index (κ3) is 4.39. The van der Waals surface area contributed by atoms with E-state index in [0.29, 0.717) is 11.3 Å². The fraction of sp³-hybridized carbons (Fsp3) is 0.0526. The Labute approximate surface area is 157 Å². The number of benzene rings is 2. The lowest BCUT2D eigenvalue weighted by atomic mass is 10.2. The molecule has 0 atom stereocenters. The Morgan fingerprint density at radius 3 is 2.54 bits per heavy atom. The molecule has 0 radical (unpaired) electrons. The van der Waals surface area contributed by atoms with Gasteiger partial charge in [0.1, 0.15) is 24.0 Å². The summed E-state index contributed by atoms with van der Waals surface area (Å²) in [5.41, 5.74) is -0.888. The molecule has 3 rings (SSSR count). The summed E-state index contributed by atoms with van der Waals surface area (Å²) in [5, 5.41) is 20.2. The minimum Gasteiger partial charge on any atom is -0.489 e. The molecular weight excluding hydrogens is 369 g/mol. The average molecular weight is 383 g/mol. The fourth-order valence-electron chi connectivity index (χ4n) is 2.34. The number of nitrogens with zero attached hydrogens (tertiary/aromatic N) is 2. The Hall–Kier alpha value is -4.01. The number of H-pyrrole nitrogens is 1. The van der Waals surface area contributed by atoms with Crippen LogP contribution in [0.5, 0.6) is 11.6 Å². The second-order valence-electron chi connectivity index (χ2n) is 5.66. The van der Waals surface area contributed by atoms with Crippen molar-refractivity contribution in [2.75, 3.05) is 0 Å². The number of hydrogen-bond acceptors (Lipinski definition) is 6. The summed E-state index contributed by atoms with van der Waals surface area (Å²) >= 11 is 0. The maximum atomic E-state index is 13.6. The number of aromatic nitrogens is 2. The van der Waals surface area contributed by atoms with Gasteiger partial charge >= 0.3 is 11.2 Å². The molecule has 0 aliphatic heterocycles. The van der Waals surface area contributed by atoms with Crippen LogP contribution < -0.4 is 10.3 Å². The third-order valence-electron chi connectivity index (χ3n) is 3.74. The van der Waals surface area contributed by atoms with Crippen molar-refractivity contribution in [1.82, 2.24) is 9.97 Å². The zero-order valence-electron chi connectivity index (χ0n) is 14.3. The van der Waals surface area contributed by atoms with Crippen molar-refractivity contribution < 1.29 is 19.2 Å². The quantitative estimate of drug-likeness (QED) is 0.498. The maximum Gasteiger partial charge on any atom is 0.395 e. The third-order valence-corrected chi connectivity index (χ3v) is 3.74. The number of nitro groups is 1. The van der Waals surface area contributed by atoms with Crippen LogP contribution in [-0.4, -0.2) is 20.0 Å². The highest BCUT2D eigenvalue weighted by Gasteiger charge is 2.21. The van der Waals surface area contributed by atoms with Crippen molar-refractivity contribution in [2.45, 2.75) is 6.61 Å². The molecule has 0 saturated heterocycles. The summed E-state index contributed by atoms with van der Waals surface area (Å²) in [6, 6.07) is 13.1. The van der Waals surface area contributed by atoms with Crippen LogP contribution in [-0.2, 0) is 6.61 Å². The fourth-order valence-corrected chi connectivity index (χ4v) is 2.34. The minimum atomic E-state index is -1.05. The second-order valence-corrected chi connectivity index (χ2v) is 5.66. The van der Waals surface area contributed by atoms with Crippen LogP contribution in [0.4, 0.5) is 10.1 Å². The molecule has 142 valence electrons. The molecule has 0 fully saturated rings. The molecule has 0 aliphatic carbocycles. The van der Waals surface area contributed by atoms with E-state index >= 15 is 0 Å². The van der Waals surface area contributed by atoms with Crippen LogP contribution in [0.15, 0.2) is 53.3 Å². The lowest BCUT2D eigenvalue weighted by Gasteiger charge is -2.07. The van der Waals surface area contributed by atoms with Gasteiger partial charge in [0.25, 0.3) is 5.88 Å². The molecule has 1 aromatic heterocycles. The molecule has 3 aromatic rings. The van der Waals surface area contributed by atoms with Gasteiger partial charge in [0.2, 0.25) is 0 Å². The van der Waals surface area contributed by atoms with Gasteiger partial charge in [0, 0.05) is 5.56 Å². The van der Waals surface area contributed by atoms with Crippen molar-refractivity contribution in [3.05, 3.63) is 91.8 Å². The number of aromatic amines is 1. The average Bonchev–Trinajstić information content (AvgIpc) is 2.66. The normalized spacial score (nSPS) is 10.9. The summed E-state index contributed by atoms with van der Waals surface area (Å²) in [7, 11) is 0. The molecule has 2 aromatic carbocycles. The van der Waals surface area contributed by atoms with E-state index < -0.39 is 22.0 Å². The number of halogens is 1. The first-order valence-corrected chi connectivity index (χ1v) is 8.06. The number of nitrogens with one attached hydrogen (secondary N) is 1. The topological polar surface area (TPSA) is 118 Å². The van der Waals surface area contributed by atoms with Crippen molar-refractivity contribution >= 4 is 17.8 Å². The van der Waals surface area contributed by atoms with E-state index in [1.54, 1.807) is 48.5 Å². The molecule has 0 unspecified atom stereocenters. The monoisotopic (exact) mass is 383 g/mol. The summed E-state index contributed by atoms with van der Waals surface area (Å²) < 4.78 is 19.1. The van der Waals surface area contributed by atoms with Crippen LogP contribution in [0, 0.1) is 15.9 Å². The number of rotatable bonds is 6. The summed E-state index contributed by atoms with van der Waals surface area (Å²) in [6.07, 6.45) is 2.98. The molecule has 0 saturated carbocycles. The zero-order valence-corrected chi connectivity index (χ0v) is 14.3. The van der Waals surface area contributed by atoms with Crippen LogP contribution in [0.1, 0.15) is 17.0 Å². The Kier molecular flexibility index (Phi) is 5.45. The van der Waals surface area contributed by atoms with Crippen LogP contribution >= 0.6 is 0 Å². The van der Waals surface area contributed by atoms with Crippen LogP contribution in [0.2, 0.25) is 0 Å². The van der Waals surface area contributed by atoms with E-state index in [9.17, 15) is 24.4 Å². The van der Waals surface area contributed by atoms with Gasteiger partial charge in [0.05, 0.1) is 4.92 Å². The van der Waals surface area contributed by atoms with Crippen molar-refractivity contribution in [3.63, 3.8) is 0 Å². The van der Waals surface area contributed by atoms with Crippen molar-refractivity contribution in [3.8, 4) is 11.6 Å². The predicted molar refractivity (Wildman–Crippen MR) is 99.3 cm³/mol. The predicted octanol–water partition coefficient (Wildman–Crippen LogP) is 3.27. The highest BCUT2D eigenvalue weighted by molar-refractivity contribution is 5.67. The van der Waals surface area contributed by atoms with E-state index in [-0.39, 0.29) is 18.2 Å². The molecule has 0 spiro atoms. The van der Waals surface area contributed by atoms with E-state index in [1.165, 1.54) is 12.1 Å².